The van der Waals surface area contributed by atoms with Crippen molar-refractivity contribution in [2.75, 3.05) is 6.61 Å². The molecule has 0 radical (unpaired) electrons. The van der Waals surface area contributed by atoms with Crippen molar-refractivity contribution >= 4 is 15.9 Å². The molecule has 4 nitrogen and oxygen atoms in total. The molecule has 0 amide bonds. The van der Waals surface area contributed by atoms with Gasteiger partial charge in [0.1, 0.15) is 5.75 Å². The van der Waals surface area contributed by atoms with Crippen LogP contribution in [0, 0.1) is 11.6 Å². The zero-order valence-corrected chi connectivity index (χ0v) is 12.8. The predicted molar refractivity (Wildman–Crippen MR) is 78.6 cm³/mol. The van der Waals surface area contributed by atoms with Crippen molar-refractivity contribution in [3.05, 3.63) is 57.8 Å². The van der Waals surface area contributed by atoms with Gasteiger partial charge in [-0.05, 0) is 46.1 Å². The van der Waals surface area contributed by atoms with Crippen LogP contribution in [0.1, 0.15) is 24.1 Å². The number of ether oxygens (including phenoxy) is 1. The number of hydrogen-bond acceptors (Lipinski definition) is 4. The molecule has 0 spiro atoms. The molecule has 21 heavy (non-hydrogen) atoms. The fraction of sp³-hybridized carbons (Fsp3) is 0.214. The lowest BCUT2D eigenvalue weighted by Crippen LogP contribution is -2.29. The van der Waals surface area contributed by atoms with Crippen LogP contribution in [0.3, 0.4) is 0 Å². The van der Waals surface area contributed by atoms with E-state index >= 15 is 0 Å². The van der Waals surface area contributed by atoms with Gasteiger partial charge in [0, 0.05) is 6.20 Å². The topological polar surface area (TPSA) is 60.2 Å². The monoisotopic (exact) mass is 357 g/mol. The molecule has 1 atom stereocenters. The summed E-state index contributed by atoms with van der Waals surface area (Å²) in [7, 11) is 0. The first-order valence-corrected chi connectivity index (χ1v) is 7.05. The van der Waals surface area contributed by atoms with Crippen LogP contribution in [0.25, 0.3) is 0 Å². The number of nitrogens with zero attached hydrogens (tertiary/aromatic N) is 1. The molecule has 0 aliphatic carbocycles. The smallest absolute Gasteiger partial charge is 0.173 e. The first-order chi connectivity index (χ1) is 10.1. The van der Waals surface area contributed by atoms with E-state index in [4.69, 9.17) is 10.6 Å². The van der Waals surface area contributed by atoms with Gasteiger partial charge in [-0.15, -0.1) is 0 Å². The molecule has 1 heterocycles. The zero-order chi connectivity index (χ0) is 15.4. The van der Waals surface area contributed by atoms with E-state index in [1.54, 1.807) is 18.5 Å². The van der Waals surface area contributed by atoms with Crippen LogP contribution in [0.2, 0.25) is 0 Å². The van der Waals surface area contributed by atoms with Crippen LogP contribution in [0.15, 0.2) is 35.1 Å². The normalized spacial score (nSPS) is 12.2. The van der Waals surface area contributed by atoms with Crippen molar-refractivity contribution in [1.29, 1.82) is 0 Å². The van der Waals surface area contributed by atoms with E-state index in [-0.39, 0.29) is 4.47 Å². The van der Waals surface area contributed by atoms with Crippen molar-refractivity contribution in [2.45, 2.75) is 13.0 Å². The molecule has 2 rings (SSSR count). The van der Waals surface area contributed by atoms with E-state index in [2.05, 4.69) is 26.3 Å². The van der Waals surface area contributed by atoms with Crippen molar-refractivity contribution < 1.29 is 13.5 Å². The largest absolute Gasteiger partial charge is 0.492 e. The summed E-state index contributed by atoms with van der Waals surface area (Å²) in [6.45, 7) is 2.36. The Morgan fingerprint density at radius 2 is 2.14 bits per heavy atom. The van der Waals surface area contributed by atoms with E-state index < -0.39 is 17.7 Å². The van der Waals surface area contributed by atoms with Gasteiger partial charge in [0.05, 0.1) is 23.3 Å². The Morgan fingerprint density at radius 3 is 2.81 bits per heavy atom. The molecule has 0 aliphatic heterocycles. The summed E-state index contributed by atoms with van der Waals surface area (Å²) in [6, 6.07) is 3.71. The highest BCUT2D eigenvalue weighted by atomic mass is 79.9. The number of hydrogen-bond donors (Lipinski definition) is 2. The molecular formula is C14H14BrF2N3O. The van der Waals surface area contributed by atoms with Gasteiger partial charge in [-0.1, -0.05) is 6.07 Å². The molecule has 0 bridgehead atoms. The van der Waals surface area contributed by atoms with Gasteiger partial charge in [-0.2, -0.15) is 0 Å². The number of nitrogens with one attached hydrogen (secondary N) is 1. The maximum atomic E-state index is 13.7. The fourth-order valence-corrected chi connectivity index (χ4v) is 2.52. The summed E-state index contributed by atoms with van der Waals surface area (Å²) in [5, 5.41) is 0. The van der Waals surface area contributed by atoms with E-state index in [0.29, 0.717) is 23.5 Å². The molecule has 0 saturated carbocycles. The molecule has 2 aromatic rings. The van der Waals surface area contributed by atoms with Crippen molar-refractivity contribution in [3.63, 3.8) is 0 Å². The molecule has 0 saturated heterocycles. The third-order valence-corrected chi connectivity index (χ3v) is 3.73. The van der Waals surface area contributed by atoms with Gasteiger partial charge >= 0.3 is 0 Å². The molecule has 0 fully saturated rings. The summed E-state index contributed by atoms with van der Waals surface area (Å²) in [5.74, 6) is 4.26. The number of hydrazine groups is 1. The third-order valence-electron chi connectivity index (χ3n) is 2.92. The minimum Gasteiger partial charge on any atom is -0.492 e. The number of pyridine rings is 1. The first kappa shape index (κ1) is 15.8. The molecule has 0 aliphatic rings. The van der Waals surface area contributed by atoms with Gasteiger partial charge in [0.2, 0.25) is 0 Å². The Morgan fingerprint density at radius 1 is 1.38 bits per heavy atom. The highest BCUT2D eigenvalue weighted by Gasteiger charge is 2.20. The van der Waals surface area contributed by atoms with Crippen molar-refractivity contribution in [1.82, 2.24) is 10.4 Å². The highest BCUT2D eigenvalue weighted by molar-refractivity contribution is 9.10. The van der Waals surface area contributed by atoms with Gasteiger partial charge in [-0.25, -0.2) is 14.2 Å². The lowest BCUT2D eigenvalue weighted by Gasteiger charge is -2.19. The summed E-state index contributed by atoms with van der Waals surface area (Å²) >= 11 is 3.06. The molecule has 3 N–H and O–H groups in total. The van der Waals surface area contributed by atoms with Crippen molar-refractivity contribution in [3.8, 4) is 5.75 Å². The maximum Gasteiger partial charge on any atom is 0.173 e. The lowest BCUT2D eigenvalue weighted by molar-refractivity contribution is 0.338. The van der Waals surface area contributed by atoms with Crippen LogP contribution in [-0.4, -0.2) is 11.6 Å². The van der Waals surface area contributed by atoms with Crippen LogP contribution < -0.4 is 16.0 Å². The van der Waals surface area contributed by atoms with E-state index in [0.717, 1.165) is 6.07 Å². The predicted octanol–water partition coefficient (Wildman–Crippen LogP) is 3.07. The minimum atomic E-state index is -0.957. The average Bonchev–Trinajstić information content (AvgIpc) is 2.49. The van der Waals surface area contributed by atoms with Crippen LogP contribution >= 0.6 is 15.9 Å². The lowest BCUT2D eigenvalue weighted by atomic mass is 10.0. The number of rotatable bonds is 5. The molecule has 1 aromatic carbocycles. The molecular weight excluding hydrogens is 344 g/mol. The second-order valence-corrected chi connectivity index (χ2v) is 5.04. The molecule has 7 heteroatoms. The first-order valence-electron chi connectivity index (χ1n) is 6.25. The SMILES string of the molecule is CCOc1cncc(C(NN)c2ccc(F)c(F)c2Br)c1. The van der Waals surface area contributed by atoms with E-state index in [1.807, 2.05) is 6.92 Å². The second-order valence-electron chi connectivity index (χ2n) is 4.25. The third kappa shape index (κ3) is 3.37. The van der Waals surface area contributed by atoms with E-state index in [9.17, 15) is 8.78 Å². The van der Waals surface area contributed by atoms with Gasteiger partial charge in [0.15, 0.2) is 11.6 Å². The molecule has 1 aromatic heterocycles. The highest BCUT2D eigenvalue weighted by Crippen LogP contribution is 2.32. The summed E-state index contributed by atoms with van der Waals surface area (Å²) in [5.41, 5.74) is 3.72. The van der Waals surface area contributed by atoms with Gasteiger partial charge in [0.25, 0.3) is 0 Å². The zero-order valence-electron chi connectivity index (χ0n) is 11.2. The Kier molecular flexibility index (Phi) is 5.22. The summed E-state index contributed by atoms with van der Waals surface area (Å²) in [4.78, 5) is 4.06. The quantitative estimate of drug-likeness (QED) is 0.490. The van der Waals surface area contributed by atoms with Crippen LogP contribution in [0.4, 0.5) is 8.78 Å². The minimum absolute atomic E-state index is 0.0206. The van der Waals surface area contributed by atoms with Crippen LogP contribution in [0.5, 0.6) is 5.75 Å². The number of nitrogens with two attached hydrogens (primary N) is 1. The van der Waals surface area contributed by atoms with Gasteiger partial charge < -0.3 is 4.74 Å². The number of halogens is 3. The van der Waals surface area contributed by atoms with E-state index in [1.165, 1.54) is 6.07 Å². The Hall–Kier alpha value is -1.57. The Bertz CT molecular complexity index is 640. The maximum absolute atomic E-state index is 13.7. The Balaban J connectivity index is 2.44. The van der Waals surface area contributed by atoms with Crippen LogP contribution in [-0.2, 0) is 0 Å². The number of aromatic nitrogens is 1. The standard InChI is InChI=1S/C14H14BrF2N3O/c1-2-21-9-5-8(6-19-7-9)14(20-18)10-3-4-11(16)13(17)12(10)15/h3-7,14,20H,2,18H2,1H3. The Labute approximate surface area is 129 Å². The summed E-state index contributed by atoms with van der Waals surface area (Å²) < 4.78 is 32.3. The molecule has 112 valence electrons. The fourth-order valence-electron chi connectivity index (χ4n) is 1.97. The number of benzene rings is 1. The second kappa shape index (κ2) is 6.93. The van der Waals surface area contributed by atoms with Gasteiger partial charge in [-0.3, -0.25) is 10.8 Å². The van der Waals surface area contributed by atoms with Crippen molar-refractivity contribution in [2.24, 2.45) is 5.84 Å². The average molecular weight is 358 g/mol. The molecule has 1 unspecified atom stereocenters. The summed E-state index contributed by atoms with van der Waals surface area (Å²) in [6.07, 6.45) is 3.15.